The summed E-state index contributed by atoms with van der Waals surface area (Å²) in [7, 11) is 0. The predicted molar refractivity (Wildman–Crippen MR) is 105 cm³/mol. The second-order valence-corrected chi connectivity index (χ2v) is 7.10. The molecule has 0 saturated carbocycles. The number of hydrogen-bond acceptors (Lipinski definition) is 2. The van der Waals surface area contributed by atoms with Gasteiger partial charge >= 0.3 is 0 Å². The minimum absolute atomic E-state index is 0.0881. The smallest absolute Gasteiger partial charge is 0.255 e. The molecule has 4 heteroatoms. The van der Waals surface area contributed by atoms with Gasteiger partial charge in [-0.25, -0.2) is 0 Å². The van der Waals surface area contributed by atoms with Crippen LogP contribution in [0, 0.1) is 5.92 Å². The lowest BCUT2D eigenvalue weighted by Gasteiger charge is -2.18. The average molecular weight is 348 g/mol. The van der Waals surface area contributed by atoms with E-state index in [0.29, 0.717) is 18.1 Å². The van der Waals surface area contributed by atoms with Crippen molar-refractivity contribution in [3.05, 3.63) is 59.3 Å². The molecule has 1 aliphatic rings. The van der Waals surface area contributed by atoms with E-state index in [9.17, 15) is 4.79 Å². The molecule has 1 atom stereocenters. The van der Waals surface area contributed by atoms with Gasteiger partial charge in [-0.1, -0.05) is 6.92 Å². The number of nitrogens with one attached hydrogen (secondary N) is 2. The Morgan fingerprint density at radius 1 is 1.23 bits per heavy atom. The predicted octanol–water partition coefficient (Wildman–Crippen LogP) is 4.94. The highest BCUT2D eigenvalue weighted by Gasteiger charge is 2.20. The molecule has 0 radical (unpaired) electrons. The van der Waals surface area contributed by atoms with E-state index in [4.69, 9.17) is 4.74 Å². The molecule has 0 unspecified atom stereocenters. The number of aromatic nitrogens is 1. The Hall–Kier alpha value is -2.75. The number of benzene rings is 2. The van der Waals surface area contributed by atoms with Gasteiger partial charge in [0.25, 0.3) is 5.91 Å². The van der Waals surface area contributed by atoms with Crippen molar-refractivity contribution in [1.82, 2.24) is 4.98 Å². The van der Waals surface area contributed by atoms with Crippen LogP contribution in [0.1, 0.15) is 41.9 Å². The molecule has 1 amide bonds. The molecule has 4 rings (SSSR count). The maximum atomic E-state index is 12.7. The minimum atomic E-state index is -0.0881. The van der Waals surface area contributed by atoms with E-state index in [0.717, 1.165) is 29.8 Å². The van der Waals surface area contributed by atoms with Crippen LogP contribution in [0.2, 0.25) is 0 Å². The molecule has 134 valence electrons. The zero-order chi connectivity index (χ0) is 18.1. The number of H-pyrrole nitrogens is 1. The highest BCUT2D eigenvalue weighted by molar-refractivity contribution is 6.06. The van der Waals surface area contributed by atoms with E-state index in [2.05, 4.69) is 17.2 Å². The molecule has 26 heavy (non-hydrogen) atoms. The summed E-state index contributed by atoms with van der Waals surface area (Å²) in [6.07, 6.45) is 3.41. The molecule has 3 aromatic rings. The molecule has 0 spiro atoms. The van der Waals surface area contributed by atoms with Gasteiger partial charge in [-0.2, -0.15) is 0 Å². The van der Waals surface area contributed by atoms with Crippen LogP contribution < -0.4 is 10.1 Å². The second kappa shape index (κ2) is 6.87. The van der Waals surface area contributed by atoms with Gasteiger partial charge in [0.05, 0.1) is 6.61 Å². The quantitative estimate of drug-likeness (QED) is 0.701. The fourth-order valence-corrected chi connectivity index (χ4v) is 3.74. The van der Waals surface area contributed by atoms with Crippen molar-refractivity contribution in [2.75, 3.05) is 11.9 Å². The summed E-state index contributed by atoms with van der Waals surface area (Å²) in [5.74, 6) is 1.41. The van der Waals surface area contributed by atoms with E-state index in [-0.39, 0.29) is 5.91 Å². The summed E-state index contributed by atoms with van der Waals surface area (Å²) in [4.78, 5) is 16.2. The lowest BCUT2D eigenvalue weighted by Crippen LogP contribution is -2.12. The standard InChI is InChI=1S/C22H24N2O2/c1-3-26-17-8-6-16(7-9-17)23-22(25)15-5-11-21-19(13-15)18-12-14(2)4-10-20(18)24-21/h5-9,11,13-14,24H,3-4,10,12H2,1-2H3,(H,23,25)/t14-/m0/s1. The Balaban J connectivity index is 1.57. The first-order valence-electron chi connectivity index (χ1n) is 9.31. The molecule has 1 aliphatic carbocycles. The minimum Gasteiger partial charge on any atom is -0.494 e. The number of fused-ring (bicyclic) bond motifs is 3. The molecule has 1 heterocycles. The van der Waals surface area contributed by atoms with Gasteiger partial charge in [0.15, 0.2) is 0 Å². The molecular formula is C22H24N2O2. The van der Waals surface area contributed by atoms with Crippen LogP contribution in [0.3, 0.4) is 0 Å². The highest BCUT2D eigenvalue weighted by Crippen LogP contribution is 2.32. The molecule has 2 aromatic carbocycles. The van der Waals surface area contributed by atoms with E-state index in [1.165, 1.54) is 23.1 Å². The van der Waals surface area contributed by atoms with Crippen molar-refractivity contribution < 1.29 is 9.53 Å². The Bertz CT molecular complexity index is 941. The molecule has 0 saturated heterocycles. The van der Waals surface area contributed by atoms with Crippen LogP contribution >= 0.6 is 0 Å². The Labute approximate surface area is 153 Å². The fourth-order valence-electron chi connectivity index (χ4n) is 3.74. The Kier molecular flexibility index (Phi) is 4.41. The van der Waals surface area contributed by atoms with Gasteiger partial charge < -0.3 is 15.0 Å². The first-order chi connectivity index (χ1) is 12.6. The zero-order valence-corrected chi connectivity index (χ0v) is 15.3. The van der Waals surface area contributed by atoms with Crippen molar-refractivity contribution in [3.8, 4) is 5.75 Å². The van der Waals surface area contributed by atoms with Crippen molar-refractivity contribution >= 4 is 22.5 Å². The molecule has 0 aliphatic heterocycles. The summed E-state index contributed by atoms with van der Waals surface area (Å²) < 4.78 is 5.44. The average Bonchev–Trinajstić information content (AvgIpc) is 3.00. The summed E-state index contributed by atoms with van der Waals surface area (Å²) in [5, 5.41) is 4.15. The third-order valence-electron chi connectivity index (χ3n) is 5.12. The number of carbonyl (C=O) groups is 1. The van der Waals surface area contributed by atoms with Crippen LogP contribution in [0.4, 0.5) is 5.69 Å². The first-order valence-corrected chi connectivity index (χ1v) is 9.31. The molecule has 4 nitrogen and oxygen atoms in total. The van der Waals surface area contributed by atoms with E-state index in [1.807, 2.05) is 49.4 Å². The number of carbonyl (C=O) groups excluding carboxylic acids is 1. The van der Waals surface area contributed by atoms with Crippen molar-refractivity contribution in [2.24, 2.45) is 5.92 Å². The van der Waals surface area contributed by atoms with Crippen molar-refractivity contribution in [2.45, 2.75) is 33.1 Å². The van der Waals surface area contributed by atoms with Crippen LogP contribution in [-0.2, 0) is 12.8 Å². The number of ether oxygens (including phenoxy) is 1. The van der Waals surface area contributed by atoms with Gasteiger partial charge in [-0.3, -0.25) is 4.79 Å². The lowest BCUT2D eigenvalue weighted by atomic mass is 9.87. The van der Waals surface area contributed by atoms with Gasteiger partial charge in [-0.05, 0) is 80.1 Å². The van der Waals surface area contributed by atoms with Crippen LogP contribution in [0.5, 0.6) is 5.75 Å². The maximum Gasteiger partial charge on any atom is 0.255 e. The van der Waals surface area contributed by atoms with E-state index in [1.54, 1.807) is 0 Å². The summed E-state index contributed by atoms with van der Waals surface area (Å²) >= 11 is 0. The highest BCUT2D eigenvalue weighted by atomic mass is 16.5. The van der Waals surface area contributed by atoms with Gasteiger partial charge in [0, 0.05) is 27.8 Å². The first kappa shape index (κ1) is 16.7. The van der Waals surface area contributed by atoms with Crippen LogP contribution in [-0.4, -0.2) is 17.5 Å². The molecule has 0 fully saturated rings. The number of rotatable bonds is 4. The molecule has 0 bridgehead atoms. The number of aromatic amines is 1. The normalized spacial score (nSPS) is 16.3. The maximum absolute atomic E-state index is 12.7. The number of hydrogen-bond donors (Lipinski definition) is 2. The zero-order valence-electron chi connectivity index (χ0n) is 15.3. The monoisotopic (exact) mass is 348 g/mol. The topological polar surface area (TPSA) is 54.1 Å². The van der Waals surface area contributed by atoms with Gasteiger partial charge in [0.2, 0.25) is 0 Å². The van der Waals surface area contributed by atoms with Crippen molar-refractivity contribution in [1.29, 1.82) is 0 Å². The van der Waals surface area contributed by atoms with E-state index < -0.39 is 0 Å². The third kappa shape index (κ3) is 3.19. The Morgan fingerprint density at radius 3 is 2.81 bits per heavy atom. The Morgan fingerprint density at radius 2 is 2.04 bits per heavy atom. The van der Waals surface area contributed by atoms with E-state index >= 15 is 0 Å². The summed E-state index contributed by atoms with van der Waals surface area (Å²) in [6.45, 7) is 4.88. The van der Waals surface area contributed by atoms with Crippen LogP contribution in [0.25, 0.3) is 10.9 Å². The fraction of sp³-hybridized carbons (Fsp3) is 0.318. The largest absolute Gasteiger partial charge is 0.494 e. The number of anilines is 1. The van der Waals surface area contributed by atoms with Gasteiger partial charge in [-0.15, -0.1) is 0 Å². The number of aryl methyl sites for hydroxylation is 1. The SMILES string of the molecule is CCOc1ccc(NC(=O)c2ccc3[nH]c4c(c3c2)C[C@@H](C)CC4)cc1. The van der Waals surface area contributed by atoms with Crippen LogP contribution in [0.15, 0.2) is 42.5 Å². The molecule has 2 N–H and O–H groups in total. The van der Waals surface area contributed by atoms with Gasteiger partial charge in [0.1, 0.15) is 5.75 Å². The summed E-state index contributed by atoms with van der Waals surface area (Å²) in [5.41, 5.74) is 5.30. The van der Waals surface area contributed by atoms with Crippen molar-refractivity contribution in [3.63, 3.8) is 0 Å². The third-order valence-corrected chi connectivity index (χ3v) is 5.12. The molecule has 1 aromatic heterocycles. The number of amides is 1. The molecular weight excluding hydrogens is 324 g/mol. The lowest BCUT2D eigenvalue weighted by molar-refractivity contribution is 0.102. The second-order valence-electron chi connectivity index (χ2n) is 7.10. The summed E-state index contributed by atoms with van der Waals surface area (Å²) in [6, 6.07) is 13.4.